The molecule has 1 aromatic carbocycles. The molecule has 0 bridgehead atoms. The zero-order chi connectivity index (χ0) is 20.1. The Morgan fingerprint density at radius 2 is 1.97 bits per heavy atom. The smallest absolute Gasteiger partial charge is 0.400 e. The molecule has 0 fully saturated rings. The quantitative estimate of drug-likeness (QED) is 0.242. The minimum atomic E-state index is -0.573. The molecule has 7 nitrogen and oxygen atoms in total. The van der Waals surface area contributed by atoms with Gasteiger partial charge in [-0.25, -0.2) is 4.68 Å². The first kappa shape index (κ1) is 19.0. The summed E-state index contributed by atoms with van der Waals surface area (Å²) in [5.41, 5.74) is 2.14. The fraction of sp³-hybridized carbons (Fsp3) is 0.100. The molecule has 146 valence electrons. The lowest BCUT2D eigenvalue weighted by Crippen LogP contribution is -2.13. The second kappa shape index (κ2) is 8.80. The van der Waals surface area contributed by atoms with Crippen LogP contribution in [0.3, 0.4) is 0 Å². The van der Waals surface area contributed by atoms with Crippen molar-refractivity contribution in [1.29, 1.82) is 0 Å². The van der Waals surface area contributed by atoms with Crippen molar-refractivity contribution < 1.29 is 9.34 Å². The van der Waals surface area contributed by atoms with Crippen molar-refractivity contribution in [1.82, 2.24) is 4.68 Å². The number of nitro groups is 1. The van der Waals surface area contributed by atoms with E-state index in [-0.39, 0.29) is 5.88 Å². The standard InChI is InChI=1S/C20H16N4O3S2/c25-24(26)19-9-8-16(27-19)13-22-23-17(18-7-4-12-28-18)14-29-20(23)21-11-10-15-5-2-1-3-6-15/h1-9,12-14H,10-11H2. The average Bonchev–Trinajstić information content (AvgIpc) is 3.48. The lowest BCUT2D eigenvalue weighted by molar-refractivity contribution is -0.402. The zero-order valence-electron chi connectivity index (χ0n) is 15.2. The Kier molecular flexibility index (Phi) is 5.78. The van der Waals surface area contributed by atoms with Crippen molar-refractivity contribution in [3.63, 3.8) is 0 Å². The van der Waals surface area contributed by atoms with E-state index in [1.807, 2.05) is 41.1 Å². The summed E-state index contributed by atoms with van der Waals surface area (Å²) >= 11 is 3.12. The van der Waals surface area contributed by atoms with Crippen LogP contribution in [0.25, 0.3) is 10.6 Å². The van der Waals surface area contributed by atoms with Crippen LogP contribution in [0, 0.1) is 10.1 Å². The highest BCUT2D eigenvalue weighted by Gasteiger charge is 2.12. The predicted octanol–water partition coefficient (Wildman–Crippen LogP) is 4.80. The molecule has 4 aromatic rings. The summed E-state index contributed by atoms with van der Waals surface area (Å²) in [6, 6.07) is 17.0. The molecule has 0 unspecified atom stereocenters. The van der Waals surface area contributed by atoms with Gasteiger partial charge in [-0.05, 0) is 29.5 Å². The average molecular weight is 425 g/mol. The van der Waals surface area contributed by atoms with E-state index in [0.29, 0.717) is 12.3 Å². The molecule has 0 aliphatic carbocycles. The van der Waals surface area contributed by atoms with E-state index in [2.05, 4.69) is 17.2 Å². The summed E-state index contributed by atoms with van der Waals surface area (Å²) in [4.78, 5) is 16.7. The largest absolute Gasteiger partial charge is 0.433 e. The van der Waals surface area contributed by atoms with Crippen LogP contribution in [0.15, 0.2) is 79.9 Å². The van der Waals surface area contributed by atoms with Crippen molar-refractivity contribution in [2.75, 3.05) is 6.54 Å². The van der Waals surface area contributed by atoms with Crippen LogP contribution in [0.4, 0.5) is 5.88 Å². The van der Waals surface area contributed by atoms with Crippen LogP contribution < -0.4 is 4.80 Å². The highest BCUT2D eigenvalue weighted by molar-refractivity contribution is 7.14. The topological polar surface area (TPSA) is 85.9 Å². The lowest BCUT2D eigenvalue weighted by Gasteiger charge is -2.01. The van der Waals surface area contributed by atoms with Gasteiger partial charge in [-0.15, -0.1) is 22.7 Å². The maximum Gasteiger partial charge on any atom is 0.433 e. The number of rotatable bonds is 7. The van der Waals surface area contributed by atoms with Crippen LogP contribution in [-0.2, 0) is 6.42 Å². The highest BCUT2D eigenvalue weighted by Crippen LogP contribution is 2.25. The summed E-state index contributed by atoms with van der Waals surface area (Å²) in [5, 5.41) is 19.3. The SMILES string of the molecule is O=[N+]([O-])c1ccc(C=Nn2c(-c3cccs3)csc2=NCCc2ccccc2)o1. The van der Waals surface area contributed by atoms with Crippen molar-refractivity contribution in [2.24, 2.45) is 10.1 Å². The molecule has 0 saturated carbocycles. The molecular formula is C20H16N4O3S2. The fourth-order valence-corrected chi connectivity index (χ4v) is 4.32. The number of benzene rings is 1. The normalized spacial score (nSPS) is 12.1. The van der Waals surface area contributed by atoms with Crippen molar-refractivity contribution >= 4 is 34.8 Å². The van der Waals surface area contributed by atoms with Crippen molar-refractivity contribution in [2.45, 2.75) is 6.42 Å². The highest BCUT2D eigenvalue weighted by atomic mass is 32.1. The van der Waals surface area contributed by atoms with E-state index in [0.717, 1.165) is 21.8 Å². The Morgan fingerprint density at radius 3 is 2.69 bits per heavy atom. The molecule has 0 amide bonds. The Labute approximate surface area is 174 Å². The molecule has 3 aromatic heterocycles. The molecule has 0 spiro atoms. The summed E-state index contributed by atoms with van der Waals surface area (Å²) in [5.74, 6) is -0.00390. The van der Waals surface area contributed by atoms with Gasteiger partial charge in [-0.2, -0.15) is 5.10 Å². The van der Waals surface area contributed by atoms with Gasteiger partial charge in [0.25, 0.3) is 0 Å². The van der Waals surface area contributed by atoms with E-state index >= 15 is 0 Å². The monoisotopic (exact) mass is 424 g/mol. The molecule has 9 heteroatoms. The molecule has 0 aliphatic rings. The summed E-state index contributed by atoms with van der Waals surface area (Å²) in [6.07, 6.45) is 2.30. The first-order valence-electron chi connectivity index (χ1n) is 8.78. The van der Waals surface area contributed by atoms with Gasteiger partial charge in [0.15, 0.2) is 5.76 Å². The van der Waals surface area contributed by atoms with Gasteiger partial charge >= 0.3 is 5.88 Å². The van der Waals surface area contributed by atoms with E-state index in [1.54, 1.807) is 16.0 Å². The fourth-order valence-electron chi connectivity index (χ4n) is 2.66. The van der Waals surface area contributed by atoms with Crippen molar-refractivity contribution in [3.8, 4) is 10.6 Å². The minimum Gasteiger partial charge on any atom is -0.400 e. The third-order valence-corrected chi connectivity index (χ3v) is 5.79. The molecule has 4 rings (SSSR count). The maximum atomic E-state index is 10.8. The van der Waals surface area contributed by atoms with Gasteiger partial charge in [0, 0.05) is 11.9 Å². The molecule has 0 atom stereocenters. The molecular weight excluding hydrogens is 408 g/mol. The minimum absolute atomic E-state index is 0.308. The lowest BCUT2D eigenvalue weighted by atomic mass is 10.2. The third kappa shape index (κ3) is 4.58. The van der Waals surface area contributed by atoms with Gasteiger partial charge in [0.2, 0.25) is 4.80 Å². The Morgan fingerprint density at radius 1 is 1.10 bits per heavy atom. The van der Waals surface area contributed by atoms with E-state index in [9.17, 15) is 10.1 Å². The summed E-state index contributed by atoms with van der Waals surface area (Å²) in [6.45, 7) is 0.635. The molecule has 0 aliphatic heterocycles. The Balaban J connectivity index is 1.63. The van der Waals surface area contributed by atoms with Crippen molar-refractivity contribution in [3.05, 3.63) is 91.6 Å². The third-order valence-electron chi connectivity index (χ3n) is 4.04. The predicted molar refractivity (Wildman–Crippen MR) is 115 cm³/mol. The molecule has 3 heterocycles. The second-order valence-corrected chi connectivity index (χ2v) is 7.77. The summed E-state index contributed by atoms with van der Waals surface area (Å²) in [7, 11) is 0. The van der Waals surface area contributed by atoms with Gasteiger partial charge in [-0.1, -0.05) is 36.4 Å². The van der Waals surface area contributed by atoms with Gasteiger partial charge in [-0.3, -0.25) is 15.1 Å². The first-order chi connectivity index (χ1) is 14.2. The number of thiazole rings is 1. The van der Waals surface area contributed by atoms with Gasteiger partial charge in [0.05, 0.1) is 22.9 Å². The van der Waals surface area contributed by atoms with Crippen LogP contribution in [0.2, 0.25) is 0 Å². The van der Waals surface area contributed by atoms with Crippen LogP contribution >= 0.6 is 22.7 Å². The molecule has 0 radical (unpaired) electrons. The number of thiophene rings is 1. The van der Waals surface area contributed by atoms with Crippen LogP contribution in [0.5, 0.6) is 0 Å². The Bertz CT molecular complexity index is 1190. The number of aromatic nitrogens is 1. The van der Waals surface area contributed by atoms with E-state index in [1.165, 1.54) is 35.2 Å². The molecule has 29 heavy (non-hydrogen) atoms. The van der Waals surface area contributed by atoms with Crippen LogP contribution in [0.1, 0.15) is 11.3 Å². The van der Waals surface area contributed by atoms with E-state index < -0.39 is 4.92 Å². The Hall–Kier alpha value is -3.30. The summed E-state index contributed by atoms with van der Waals surface area (Å²) < 4.78 is 6.91. The number of hydrogen-bond acceptors (Lipinski definition) is 7. The maximum absolute atomic E-state index is 10.8. The second-order valence-electron chi connectivity index (χ2n) is 5.99. The number of nitrogens with zero attached hydrogens (tertiary/aromatic N) is 4. The van der Waals surface area contributed by atoms with E-state index in [4.69, 9.17) is 9.41 Å². The molecule has 0 N–H and O–H groups in total. The van der Waals surface area contributed by atoms with Gasteiger partial charge in [0.1, 0.15) is 4.92 Å². The van der Waals surface area contributed by atoms with Crippen LogP contribution in [-0.4, -0.2) is 22.4 Å². The first-order valence-corrected chi connectivity index (χ1v) is 10.5. The van der Waals surface area contributed by atoms with Gasteiger partial charge < -0.3 is 4.42 Å². The molecule has 0 saturated heterocycles. The number of hydrogen-bond donors (Lipinski definition) is 0. The zero-order valence-corrected chi connectivity index (χ0v) is 16.8. The number of furan rings is 1.